The van der Waals surface area contributed by atoms with Crippen molar-refractivity contribution in [2.75, 3.05) is 20.6 Å². The number of halogens is 3. The Labute approximate surface area is 138 Å². The number of benzene rings is 1. The number of carboxylic acids is 1. The van der Waals surface area contributed by atoms with Gasteiger partial charge in [0.25, 0.3) is 0 Å². The molecule has 0 saturated heterocycles. The summed E-state index contributed by atoms with van der Waals surface area (Å²) in [6.45, 7) is 0.995. The summed E-state index contributed by atoms with van der Waals surface area (Å²) >= 11 is 0. The SMILES string of the molecule is CN(C)C[C@H](N)CC(=O)OCc1ccccc1.O=C(O)C(F)(F)F. The van der Waals surface area contributed by atoms with Gasteiger partial charge >= 0.3 is 18.1 Å². The van der Waals surface area contributed by atoms with Crippen molar-refractivity contribution in [3.8, 4) is 0 Å². The van der Waals surface area contributed by atoms with Gasteiger partial charge in [-0.05, 0) is 19.7 Å². The van der Waals surface area contributed by atoms with Crippen molar-refractivity contribution in [1.29, 1.82) is 0 Å². The molecule has 1 atom stereocenters. The van der Waals surface area contributed by atoms with Gasteiger partial charge in [0, 0.05) is 12.6 Å². The highest BCUT2D eigenvalue weighted by molar-refractivity contribution is 5.73. The van der Waals surface area contributed by atoms with Crippen LogP contribution in [0.1, 0.15) is 12.0 Å². The number of hydrogen-bond donors (Lipinski definition) is 2. The van der Waals surface area contributed by atoms with Crippen molar-refractivity contribution < 1.29 is 32.6 Å². The fourth-order valence-corrected chi connectivity index (χ4v) is 1.54. The molecule has 1 aromatic carbocycles. The number of alkyl halides is 3. The number of carbonyl (C=O) groups excluding carboxylic acids is 1. The molecule has 0 spiro atoms. The van der Waals surface area contributed by atoms with Gasteiger partial charge in [-0.2, -0.15) is 13.2 Å². The summed E-state index contributed by atoms with van der Waals surface area (Å²) in [7, 11) is 3.85. The molecule has 0 aliphatic heterocycles. The van der Waals surface area contributed by atoms with Crippen molar-refractivity contribution in [1.82, 2.24) is 4.90 Å². The van der Waals surface area contributed by atoms with Gasteiger partial charge < -0.3 is 20.5 Å². The summed E-state index contributed by atoms with van der Waals surface area (Å²) in [4.78, 5) is 22.3. The zero-order chi connectivity index (χ0) is 18.8. The highest BCUT2D eigenvalue weighted by Gasteiger charge is 2.38. The van der Waals surface area contributed by atoms with E-state index in [1.807, 2.05) is 49.3 Å². The van der Waals surface area contributed by atoms with E-state index < -0.39 is 12.1 Å². The van der Waals surface area contributed by atoms with Crippen molar-refractivity contribution in [2.24, 2.45) is 5.73 Å². The molecule has 136 valence electrons. The Bertz CT molecular complexity index is 507. The van der Waals surface area contributed by atoms with Crippen LogP contribution in [0.25, 0.3) is 0 Å². The van der Waals surface area contributed by atoms with E-state index in [0.717, 1.165) is 5.56 Å². The molecule has 0 aliphatic rings. The van der Waals surface area contributed by atoms with Gasteiger partial charge in [-0.3, -0.25) is 4.79 Å². The third-order valence-corrected chi connectivity index (χ3v) is 2.51. The molecular weight excluding hydrogens is 329 g/mol. The fraction of sp³-hybridized carbons (Fsp3) is 0.467. The Balaban J connectivity index is 0.000000640. The van der Waals surface area contributed by atoms with E-state index in [4.69, 9.17) is 20.4 Å². The van der Waals surface area contributed by atoms with E-state index in [9.17, 15) is 18.0 Å². The lowest BCUT2D eigenvalue weighted by atomic mass is 10.2. The molecule has 0 saturated carbocycles. The van der Waals surface area contributed by atoms with Crippen LogP contribution in [0.15, 0.2) is 30.3 Å². The van der Waals surface area contributed by atoms with E-state index >= 15 is 0 Å². The van der Waals surface area contributed by atoms with Gasteiger partial charge in [-0.25, -0.2) is 4.79 Å². The Morgan fingerprint density at radius 1 is 1.25 bits per heavy atom. The van der Waals surface area contributed by atoms with E-state index in [-0.39, 0.29) is 18.4 Å². The number of rotatable bonds is 6. The minimum Gasteiger partial charge on any atom is -0.475 e. The highest BCUT2D eigenvalue weighted by atomic mass is 19.4. The van der Waals surface area contributed by atoms with E-state index in [1.165, 1.54) is 0 Å². The molecule has 9 heteroatoms. The first kappa shape index (κ1) is 21.9. The zero-order valence-electron chi connectivity index (χ0n) is 13.4. The second kappa shape index (κ2) is 10.6. The molecule has 6 nitrogen and oxygen atoms in total. The molecule has 0 radical (unpaired) electrons. The molecular formula is C15H21F3N2O4. The molecule has 0 amide bonds. The predicted octanol–water partition coefficient (Wildman–Crippen LogP) is 1.64. The number of ether oxygens (including phenoxy) is 1. The van der Waals surface area contributed by atoms with Crippen LogP contribution in [0.4, 0.5) is 13.2 Å². The molecule has 0 fully saturated rings. The number of hydrogen-bond acceptors (Lipinski definition) is 5. The second-order valence-corrected chi connectivity index (χ2v) is 5.18. The molecule has 0 unspecified atom stereocenters. The molecule has 1 aromatic rings. The Morgan fingerprint density at radius 2 is 1.75 bits per heavy atom. The van der Waals surface area contributed by atoms with Crippen LogP contribution in [0.2, 0.25) is 0 Å². The van der Waals surface area contributed by atoms with E-state index in [0.29, 0.717) is 13.2 Å². The summed E-state index contributed by atoms with van der Waals surface area (Å²) in [6, 6.07) is 9.44. The van der Waals surface area contributed by atoms with Gasteiger partial charge in [-0.1, -0.05) is 30.3 Å². The maximum Gasteiger partial charge on any atom is 0.490 e. The van der Waals surface area contributed by atoms with Crippen LogP contribution in [0.3, 0.4) is 0 Å². The number of carboxylic acid groups (broad SMARTS) is 1. The second-order valence-electron chi connectivity index (χ2n) is 5.18. The lowest BCUT2D eigenvalue weighted by Gasteiger charge is -2.16. The normalized spacial score (nSPS) is 12.1. The van der Waals surface area contributed by atoms with Crippen molar-refractivity contribution in [3.05, 3.63) is 35.9 Å². The number of nitrogens with zero attached hydrogens (tertiary/aromatic N) is 1. The summed E-state index contributed by atoms with van der Waals surface area (Å²) in [5, 5.41) is 7.12. The molecule has 0 aliphatic carbocycles. The van der Waals surface area contributed by atoms with Gasteiger partial charge in [0.2, 0.25) is 0 Å². The number of nitrogens with two attached hydrogens (primary N) is 1. The summed E-state index contributed by atoms with van der Waals surface area (Å²) in [6.07, 6.45) is -4.83. The Hall–Kier alpha value is -2.13. The van der Waals surface area contributed by atoms with Gasteiger partial charge in [-0.15, -0.1) is 0 Å². The predicted molar refractivity (Wildman–Crippen MR) is 81.1 cm³/mol. The van der Waals surface area contributed by atoms with E-state index in [1.54, 1.807) is 0 Å². The van der Waals surface area contributed by atoms with Crippen LogP contribution in [-0.4, -0.2) is 54.8 Å². The van der Waals surface area contributed by atoms with Crippen LogP contribution in [-0.2, 0) is 20.9 Å². The lowest BCUT2D eigenvalue weighted by molar-refractivity contribution is -0.192. The first-order valence-corrected chi connectivity index (χ1v) is 6.92. The average Bonchev–Trinajstić information content (AvgIpc) is 2.45. The largest absolute Gasteiger partial charge is 0.490 e. The van der Waals surface area contributed by atoms with Gasteiger partial charge in [0.05, 0.1) is 6.42 Å². The molecule has 0 heterocycles. The van der Waals surface area contributed by atoms with Gasteiger partial charge in [0.15, 0.2) is 0 Å². The van der Waals surface area contributed by atoms with Crippen molar-refractivity contribution in [2.45, 2.75) is 25.2 Å². The van der Waals surface area contributed by atoms with Crippen LogP contribution >= 0.6 is 0 Å². The maximum atomic E-state index is 11.5. The zero-order valence-corrected chi connectivity index (χ0v) is 13.4. The number of aliphatic carboxylic acids is 1. The van der Waals surface area contributed by atoms with Crippen LogP contribution in [0.5, 0.6) is 0 Å². The van der Waals surface area contributed by atoms with Crippen molar-refractivity contribution in [3.63, 3.8) is 0 Å². The molecule has 3 N–H and O–H groups in total. The first-order chi connectivity index (χ1) is 11.0. The van der Waals surface area contributed by atoms with Crippen LogP contribution in [0, 0.1) is 0 Å². The maximum absolute atomic E-state index is 11.5. The standard InChI is InChI=1S/C13H20N2O2.C2HF3O2/c1-15(2)9-12(14)8-13(16)17-10-11-6-4-3-5-7-11;3-2(4,5)1(6)7/h3-7,12H,8-10,14H2,1-2H3;(H,6,7)/t12-;/m1./s1. The summed E-state index contributed by atoms with van der Waals surface area (Å²) in [5.41, 5.74) is 6.79. The monoisotopic (exact) mass is 350 g/mol. The fourth-order valence-electron chi connectivity index (χ4n) is 1.54. The average molecular weight is 350 g/mol. The van der Waals surface area contributed by atoms with E-state index in [2.05, 4.69) is 0 Å². The van der Waals surface area contributed by atoms with Gasteiger partial charge in [0.1, 0.15) is 6.61 Å². The Kier molecular flexibility index (Phi) is 9.67. The Morgan fingerprint density at radius 3 is 2.17 bits per heavy atom. The molecule has 24 heavy (non-hydrogen) atoms. The first-order valence-electron chi connectivity index (χ1n) is 6.92. The number of esters is 1. The van der Waals surface area contributed by atoms with Crippen molar-refractivity contribution >= 4 is 11.9 Å². The highest BCUT2D eigenvalue weighted by Crippen LogP contribution is 2.13. The number of likely N-dealkylation sites (N-methyl/N-ethyl adjacent to an activating group) is 1. The van der Waals surface area contributed by atoms with Crippen LogP contribution < -0.4 is 5.73 Å². The minimum atomic E-state index is -5.08. The topological polar surface area (TPSA) is 92.9 Å². The lowest BCUT2D eigenvalue weighted by Crippen LogP contribution is -2.35. The molecule has 0 aromatic heterocycles. The minimum absolute atomic E-state index is 0.173. The number of carbonyl (C=O) groups is 2. The molecule has 0 bridgehead atoms. The third kappa shape index (κ3) is 11.4. The smallest absolute Gasteiger partial charge is 0.475 e. The summed E-state index contributed by atoms with van der Waals surface area (Å²) < 4.78 is 36.9. The quantitative estimate of drug-likeness (QED) is 0.758. The third-order valence-electron chi connectivity index (χ3n) is 2.51. The molecule has 1 rings (SSSR count). The summed E-state index contributed by atoms with van der Waals surface area (Å²) in [5.74, 6) is -3.00.